The third-order valence-corrected chi connectivity index (χ3v) is 2.74. The fraction of sp³-hybridized carbons (Fsp3) is 0.333. The first-order chi connectivity index (χ1) is 9.71. The van der Waals surface area contributed by atoms with Crippen LogP contribution in [0, 0.1) is 17.0 Å². The Balaban J connectivity index is 3.63. The predicted molar refractivity (Wildman–Crippen MR) is 72.5 cm³/mol. The van der Waals surface area contributed by atoms with Gasteiger partial charge in [-0.25, -0.2) is 0 Å². The lowest BCUT2D eigenvalue weighted by Gasteiger charge is -2.16. The molecule has 0 spiro atoms. The van der Waals surface area contributed by atoms with E-state index in [4.69, 9.17) is 9.41 Å². The lowest BCUT2D eigenvalue weighted by atomic mass is 10.1. The van der Waals surface area contributed by atoms with Crippen molar-refractivity contribution in [1.29, 1.82) is 0 Å². The van der Waals surface area contributed by atoms with Gasteiger partial charge in [0.25, 0.3) is 5.75 Å². The first-order valence-electron chi connectivity index (χ1n) is 5.19. The van der Waals surface area contributed by atoms with Gasteiger partial charge in [-0.1, -0.05) is 0 Å². The molecule has 0 aliphatic carbocycles. The molecule has 1 aromatic rings. The summed E-state index contributed by atoms with van der Waals surface area (Å²) in [5.41, 5.74) is -0.472. The molecule has 0 aromatic heterocycles. The van der Waals surface area contributed by atoms with E-state index in [1.165, 1.54) is 13.0 Å². The SMILES string of the molecule is COOc1cc(C)c(OOC)c(OP(O)(O)=S)c1[N+](=O)[O-]. The van der Waals surface area contributed by atoms with E-state index in [0.29, 0.717) is 0 Å². The van der Waals surface area contributed by atoms with E-state index >= 15 is 0 Å². The molecule has 0 saturated heterocycles. The van der Waals surface area contributed by atoms with Crippen LogP contribution in [-0.2, 0) is 21.6 Å². The lowest BCUT2D eigenvalue weighted by Crippen LogP contribution is -2.05. The molecular weight excluding hydrogens is 329 g/mol. The summed E-state index contributed by atoms with van der Waals surface area (Å²) in [6.45, 7) is -2.77. The largest absolute Gasteiger partial charge is 0.413 e. The summed E-state index contributed by atoms with van der Waals surface area (Å²) in [6, 6.07) is 1.22. The molecule has 0 amide bonds. The molecule has 1 aromatic carbocycles. The molecule has 2 N–H and O–H groups in total. The third kappa shape index (κ3) is 4.49. The Kier molecular flexibility index (Phi) is 5.84. The van der Waals surface area contributed by atoms with Crippen molar-refractivity contribution < 1.29 is 38.8 Å². The molecule has 0 saturated carbocycles. The molecule has 0 fully saturated rings. The van der Waals surface area contributed by atoms with Crippen LogP contribution in [0.1, 0.15) is 5.56 Å². The highest BCUT2D eigenvalue weighted by molar-refractivity contribution is 8.06. The molecule has 0 radical (unpaired) electrons. The minimum absolute atomic E-state index is 0.245. The molecule has 0 heterocycles. The van der Waals surface area contributed by atoms with Crippen molar-refractivity contribution in [2.24, 2.45) is 0 Å². The maximum Gasteiger partial charge on any atom is 0.375 e. The van der Waals surface area contributed by atoms with Crippen LogP contribution in [0.15, 0.2) is 6.07 Å². The minimum atomic E-state index is -4.27. The van der Waals surface area contributed by atoms with E-state index in [1.54, 1.807) is 0 Å². The van der Waals surface area contributed by atoms with Crippen LogP contribution < -0.4 is 14.3 Å². The lowest BCUT2D eigenvalue weighted by molar-refractivity contribution is -0.389. The second-order valence-electron chi connectivity index (χ2n) is 3.54. The van der Waals surface area contributed by atoms with Crippen LogP contribution >= 0.6 is 6.72 Å². The average Bonchev–Trinajstić information content (AvgIpc) is 2.32. The van der Waals surface area contributed by atoms with Crippen molar-refractivity contribution in [3.05, 3.63) is 21.7 Å². The number of aryl methyl sites for hydroxylation is 1. The Morgan fingerprint density at radius 3 is 2.24 bits per heavy atom. The van der Waals surface area contributed by atoms with Gasteiger partial charge >= 0.3 is 12.4 Å². The highest BCUT2D eigenvalue weighted by Crippen LogP contribution is 2.52. The standard InChI is InChI=1S/C9H12NO9PS/c1-5-4-6(17-15-2)7(10(11)12)9(8(5)18-16-3)19-20(13,14)21/h4H,1-3H3,(H2,13,14,21). The Morgan fingerprint density at radius 1 is 1.24 bits per heavy atom. The molecule has 0 atom stereocenters. The van der Waals surface area contributed by atoms with Gasteiger partial charge < -0.3 is 24.1 Å². The van der Waals surface area contributed by atoms with Gasteiger partial charge in [-0.15, -0.1) is 0 Å². The van der Waals surface area contributed by atoms with Crippen LogP contribution in [0.3, 0.4) is 0 Å². The molecule has 21 heavy (non-hydrogen) atoms. The van der Waals surface area contributed by atoms with Crippen molar-refractivity contribution in [2.75, 3.05) is 14.2 Å². The summed E-state index contributed by atoms with van der Waals surface area (Å²) in [7, 11) is 2.30. The minimum Gasteiger partial charge on any atom is -0.413 e. The summed E-state index contributed by atoms with van der Waals surface area (Å²) < 4.78 is 4.70. The Labute approximate surface area is 124 Å². The van der Waals surface area contributed by atoms with E-state index in [9.17, 15) is 19.9 Å². The van der Waals surface area contributed by atoms with Gasteiger partial charge in [-0.2, -0.15) is 9.78 Å². The fourth-order valence-corrected chi connectivity index (χ4v) is 2.08. The van der Waals surface area contributed by atoms with Crippen molar-refractivity contribution in [3.8, 4) is 17.2 Å². The highest BCUT2D eigenvalue weighted by Gasteiger charge is 2.33. The number of hydrogen-bond acceptors (Lipinski definition) is 8. The van der Waals surface area contributed by atoms with E-state index in [1.807, 2.05) is 0 Å². The summed E-state index contributed by atoms with van der Waals surface area (Å²) in [6.07, 6.45) is 0. The number of hydrogen-bond donors (Lipinski definition) is 2. The zero-order valence-electron chi connectivity index (χ0n) is 11.1. The van der Waals surface area contributed by atoms with Gasteiger partial charge in [0.2, 0.25) is 11.5 Å². The molecule has 118 valence electrons. The fourth-order valence-electron chi connectivity index (χ4n) is 1.45. The van der Waals surface area contributed by atoms with Crippen molar-refractivity contribution in [2.45, 2.75) is 6.92 Å². The van der Waals surface area contributed by atoms with Crippen molar-refractivity contribution in [1.82, 2.24) is 0 Å². The summed E-state index contributed by atoms with van der Waals surface area (Å²) >= 11 is 4.32. The molecule has 0 aliphatic rings. The second-order valence-corrected chi connectivity index (χ2v) is 6.13. The van der Waals surface area contributed by atoms with Crippen molar-refractivity contribution >= 4 is 24.2 Å². The number of nitrogens with zero attached hydrogens (tertiary/aromatic N) is 1. The van der Waals surface area contributed by atoms with Gasteiger partial charge in [0.05, 0.1) is 19.1 Å². The number of nitro benzene ring substituents is 1. The predicted octanol–water partition coefficient (Wildman–Crippen LogP) is 1.37. The highest BCUT2D eigenvalue weighted by atomic mass is 32.5. The second kappa shape index (κ2) is 6.98. The molecule has 0 unspecified atom stereocenters. The summed E-state index contributed by atoms with van der Waals surface area (Å²) in [5, 5.41) is 11.2. The van der Waals surface area contributed by atoms with Gasteiger partial charge in [0.15, 0.2) is 0 Å². The first-order valence-corrected chi connectivity index (χ1v) is 7.82. The van der Waals surface area contributed by atoms with Gasteiger partial charge in [0.1, 0.15) is 0 Å². The normalized spacial score (nSPS) is 11.1. The van der Waals surface area contributed by atoms with Gasteiger partial charge in [0, 0.05) is 17.4 Å². The molecule has 10 nitrogen and oxygen atoms in total. The quantitative estimate of drug-likeness (QED) is 0.324. The molecule has 12 heteroatoms. The topological polar surface area (TPSA) is 130 Å². The summed E-state index contributed by atoms with van der Waals surface area (Å²) in [5.74, 6) is -1.21. The molecular formula is C9H12NO9PS. The Bertz CT molecular complexity index is 587. The van der Waals surface area contributed by atoms with E-state index in [2.05, 4.69) is 26.5 Å². The molecule has 0 aliphatic heterocycles. The summed E-state index contributed by atoms with van der Waals surface area (Å²) in [4.78, 5) is 47.1. The van der Waals surface area contributed by atoms with E-state index in [0.717, 1.165) is 14.2 Å². The Morgan fingerprint density at radius 2 is 1.81 bits per heavy atom. The van der Waals surface area contributed by atoms with E-state index < -0.39 is 23.1 Å². The zero-order chi connectivity index (χ0) is 16.2. The van der Waals surface area contributed by atoms with Gasteiger partial charge in [-0.05, 0) is 13.0 Å². The molecule has 0 bridgehead atoms. The maximum atomic E-state index is 11.2. The van der Waals surface area contributed by atoms with Crippen LogP contribution in [0.5, 0.6) is 17.2 Å². The zero-order valence-corrected chi connectivity index (χ0v) is 12.8. The van der Waals surface area contributed by atoms with Crippen molar-refractivity contribution in [3.63, 3.8) is 0 Å². The third-order valence-electron chi connectivity index (χ3n) is 2.09. The van der Waals surface area contributed by atoms with Gasteiger partial charge in [-0.3, -0.25) is 10.1 Å². The number of benzene rings is 1. The average molecular weight is 341 g/mol. The number of rotatable bonds is 7. The van der Waals surface area contributed by atoms with E-state index in [-0.39, 0.29) is 17.1 Å². The monoisotopic (exact) mass is 341 g/mol. The molecule has 1 rings (SSSR count). The smallest absolute Gasteiger partial charge is 0.375 e. The van der Waals surface area contributed by atoms with Crippen LogP contribution in [-0.4, -0.2) is 28.9 Å². The van der Waals surface area contributed by atoms with Crippen LogP contribution in [0.4, 0.5) is 5.69 Å². The van der Waals surface area contributed by atoms with Crippen LogP contribution in [0.25, 0.3) is 0 Å². The first kappa shape index (κ1) is 17.6. The number of nitro groups is 1. The van der Waals surface area contributed by atoms with Crippen LogP contribution in [0.2, 0.25) is 0 Å². The Hall–Kier alpha value is -1.49. The maximum absolute atomic E-state index is 11.2.